The van der Waals surface area contributed by atoms with Crippen LogP contribution in [0.4, 0.5) is 5.69 Å². The number of piperidine rings is 1. The molecule has 6 nitrogen and oxygen atoms in total. The highest BCUT2D eigenvalue weighted by Gasteiger charge is 2.38. The number of hydrogen-bond acceptors (Lipinski definition) is 5. The maximum Gasteiger partial charge on any atom is 0.227 e. The molecule has 2 amide bonds. The predicted octanol–water partition coefficient (Wildman–Crippen LogP) is 6.06. The number of benzene rings is 2. The molecule has 2 fully saturated rings. The molecule has 0 aliphatic carbocycles. The summed E-state index contributed by atoms with van der Waals surface area (Å²) in [5.74, 6) is 0.229. The molecule has 200 valence electrons. The average Bonchev–Trinajstić information content (AvgIpc) is 3.58. The summed E-state index contributed by atoms with van der Waals surface area (Å²) in [7, 11) is 0. The van der Waals surface area contributed by atoms with E-state index in [1.807, 2.05) is 29.2 Å². The molecule has 0 bridgehead atoms. The van der Waals surface area contributed by atoms with E-state index in [2.05, 4.69) is 48.4 Å². The van der Waals surface area contributed by atoms with E-state index >= 15 is 0 Å². The number of thiazole rings is 1. The van der Waals surface area contributed by atoms with Gasteiger partial charge in [-0.2, -0.15) is 0 Å². The van der Waals surface area contributed by atoms with Crippen molar-refractivity contribution in [3.63, 3.8) is 0 Å². The third kappa shape index (κ3) is 5.74. The van der Waals surface area contributed by atoms with Gasteiger partial charge in [-0.1, -0.05) is 41.9 Å². The average molecular weight is 551 g/mol. The van der Waals surface area contributed by atoms with Crippen LogP contribution in [-0.4, -0.2) is 59.3 Å². The van der Waals surface area contributed by atoms with Crippen LogP contribution < -0.4 is 4.90 Å². The molecule has 3 heterocycles. The van der Waals surface area contributed by atoms with Crippen molar-refractivity contribution in [3.05, 3.63) is 69.5 Å². The molecule has 1 atom stereocenters. The summed E-state index contributed by atoms with van der Waals surface area (Å²) in [6.45, 7) is 8.69. The van der Waals surface area contributed by atoms with E-state index in [0.717, 1.165) is 47.8 Å². The van der Waals surface area contributed by atoms with E-state index in [1.165, 1.54) is 5.69 Å². The number of carbonyl (C=O) groups excluding carboxylic acids is 2. The van der Waals surface area contributed by atoms with Crippen LogP contribution in [0.3, 0.4) is 0 Å². The summed E-state index contributed by atoms with van der Waals surface area (Å²) in [4.78, 5) is 36.9. The fraction of sp³-hybridized carbons (Fsp3) is 0.433. The number of anilines is 1. The van der Waals surface area contributed by atoms with Gasteiger partial charge in [-0.15, -0.1) is 11.3 Å². The molecule has 0 N–H and O–H groups in total. The second kappa shape index (κ2) is 11.9. The minimum Gasteiger partial charge on any atom is -0.372 e. The van der Waals surface area contributed by atoms with Gasteiger partial charge in [0.1, 0.15) is 0 Å². The molecule has 2 aliphatic rings. The Bertz CT molecular complexity index is 1270. The van der Waals surface area contributed by atoms with Crippen molar-refractivity contribution in [1.29, 1.82) is 0 Å². The second-order valence-electron chi connectivity index (χ2n) is 10.2. The molecule has 3 aromatic rings. The predicted molar refractivity (Wildman–Crippen MR) is 155 cm³/mol. The topological polar surface area (TPSA) is 56.8 Å². The molecular formula is C30H35ClN4O2S. The molecule has 2 aromatic carbocycles. The SMILES string of the molecule is CCN(CC)c1ccc(-c2csc(C3CCN(C(=O)C4CC(=O)N(Cc5ccccc5Cl)C4)CC3)n2)cc1. The first-order chi connectivity index (χ1) is 18.5. The van der Waals surface area contributed by atoms with E-state index in [1.54, 1.807) is 16.2 Å². The summed E-state index contributed by atoms with van der Waals surface area (Å²) in [6, 6.07) is 16.2. The summed E-state index contributed by atoms with van der Waals surface area (Å²) in [5.41, 5.74) is 4.32. The number of amides is 2. The molecule has 0 radical (unpaired) electrons. The van der Waals surface area contributed by atoms with Gasteiger partial charge in [-0.3, -0.25) is 9.59 Å². The maximum atomic E-state index is 13.3. The lowest BCUT2D eigenvalue weighted by Gasteiger charge is -2.32. The van der Waals surface area contributed by atoms with Crippen molar-refractivity contribution in [2.75, 3.05) is 37.6 Å². The molecule has 8 heteroatoms. The van der Waals surface area contributed by atoms with E-state index in [0.29, 0.717) is 37.1 Å². The Kier molecular flexibility index (Phi) is 8.34. The number of halogens is 1. The van der Waals surface area contributed by atoms with E-state index in [-0.39, 0.29) is 24.2 Å². The third-order valence-corrected chi connectivity index (χ3v) is 9.23. The van der Waals surface area contributed by atoms with Crippen LogP contribution >= 0.6 is 22.9 Å². The summed E-state index contributed by atoms with van der Waals surface area (Å²) in [5, 5.41) is 3.96. The van der Waals surface area contributed by atoms with Crippen molar-refractivity contribution in [2.24, 2.45) is 5.92 Å². The minimum atomic E-state index is -0.271. The quantitative estimate of drug-likeness (QED) is 0.342. The first kappa shape index (κ1) is 26.7. The fourth-order valence-electron chi connectivity index (χ4n) is 5.57. The zero-order valence-corrected chi connectivity index (χ0v) is 23.7. The third-order valence-electron chi connectivity index (χ3n) is 7.85. The van der Waals surface area contributed by atoms with Gasteiger partial charge in [-0.05, 0) is 50.5 Å². The highest BCUT2D eigenvalue weighted by atomic mass is 35.5. The Balaban J connectivity index is 1.15. The molecule has 1 aromatic heterocycles. The Labute approximate surface area is 234 Å². The molecule has 2 saturated heterocycles. The van der Waals surface area contributed by atoms with Crippen molar-refractivity contribution < 1.29 is 9.59 Å². The minimum absolute atomic E-state index is 0.0265. The number of likely N-dealkylation sites (tertiary alicyclic amines) is 2. The van der Waals surface area contributed by atoms with Crippen molar-refractivity contribution in [2.45, 2.75) is 45.6 Å². The van der Waals surface area contributed by atoms with Crippen molar-refractivity contribution in [3.8, 4) is 11.3 Å². The van der Waals surface area contributed by atoms with Gasteiger partial charge >= 0.3 is 0 Å². The van der Waals surface area contributed by atoms with Gasteiger partial charge in [0.25, 0.3) is 0 Å². The van der Waals surface area contributed by atoms with Crippen molar-refractivity contribution >= 4 is 40.4 Å². The standard InChI is InChI=1S/C30H35ClN4O2S/c1-3-33(4-2)25-11-9-21(10-12-25)27-20-38-29(32-27)22-13-15-34(16-14-22)30(37)24-17-28(36)35(19-24)18-23-7-5-6-8-26(23)31/h5-12,20,22,24H,3-4,13-19H2,1-2H3. The van der Waals surface area contributed by atoms with E-state index in [4.69, 9.17) is 16.6 Å². The highest BCUT2D eigenvalue weighted by Crippen LogP contribution is 2.34. The highest BCUT2D eigenvalue weighted by molar-refractivity contribution is 7.10. The Morgan fingerprint density at radius 1 is 1.08 bits per heavy atom. The number of nitrogens with zero attached hydrogens (tertiary/aromatic N) is 4. The zero-order chi connectivity index (χ0) is 26.6. The monoisotopic (exact) mass is 550 g/mol. The van der Waals surface area contributed by atoms with E-state index in [9.17, 15) is 9.59 Å². The molecule has 2 aliphatic heterocycles. The van der Waals surface area contributed by atoms with Gasteiger partial charge in [0.2, 0.25) is 11.8 Å². The number of hydrogen-bond donors (Lipinski definition) is 0. The molecule has 0 spiro atoms. The van der Waals surface area contributed by atoms with Gasteiger partial charge in [0, 0.05) is 73.3 Å². The van der Waals surface area contributed by atoms with E-state index < -0.39 is 0 Å². The number of aromatic nitrogens is 1. The molecule has 5 rings (SSSR count). The van der Waals surface area contributed by atoms with Gasteiger partial charge in [-0.25, -0.2) is 4.98 Å². The lowest BCUT2D eigenvalue weighted by Crippen LogP contribution is -2.42. The molecule has 1 unspecified atom stereocenters. The van der Waals surface area contributed by atoms with Crippen LogP contribution in [0.1, 0.15) is 49.6 Å². The smallest absolute Gasteiger partial charge is 0.227 e. The molecule has 0 saturated carbocycles. The zero-order valence-electron chi connectivity index (χ0n) is 22.1. The summed E-state index contributed by atoms with van der Waals surface area (Å²) >= 11 is 8.00. The Hall–Kier alpha value is -2.90. The van der Waals surface area contributed by atoms with Gasteiger partial charge in [0.15, 0.2) is 0 Å². The Morgan fingerprint density at radius 2 is 1.79 bits per heavy atom. The van der Waals surface area contributed by atoms with Crippen LogP contribution in [0, 0.1) is 5.92 Å². The first-order valence-electron chi connectivity index (χ1n) is 13.6. The van der Waals surface area contributed by atoms with Crippen molar-refractivity contribution in [1.82, 2.24) is 14.8 Å². The Morgan fingerprint density at radius 3 is 2.47 bits per heavy atom. The van der Waals surface area contributed by atoms with Crippen LogP contribution in [0.2, 0.25) is 5.02 Å². The molecule has 38 heavy (non-hydrogen) atoms. The first-order valence-corrected chi connectivity index (χ1v) is 14.8. The lowest BCUT2D eigenvalue weighted by molar-refractivity contribution is -0.136. The van der Waals surface area contributed by atoms with Crippen LogP contribution in [0.15, 0.2) is 53.9 Å². The number of rotatable bonds is 8. The normalized spacial score (nSPS) is 18.3. The van der Waals surface area contributed by atoms with Crippen LogP contribution in [0.5, 0.6) is 0 Å². The lowest BCUT2D eigenvalue weighted by atomic mass is 9.96. The maximum absolute atomic E-state index is 13.3. The van der Waals surface area contributed by atoms with Crippen LogP contribution in [-0.2, 0) is 16.1 Å². The van der Waals surface area contributed by atoms with Gasteiger partial charge < -0.3 is 14.7 Å². The number of carbonyl (C=O) groups is 2. The largest absolute Gasteiger partial charge is 0.372 e. The van der Waals surface area contributed by atoms with Gasteiger partial charge in [0.05, 0.1) is 16.6 Å². The second-order valence-corrected chi connectivity index (χ2v) is 11.5. The summed E-state index contributed by atoms with van der Waals surface area (Å²) in [6.07, 6.45) is 2.10. The fourth-order valence-corrected chi connectivity index (χ4v) is 6.76. The van der Waals surface area contributed by atoms with Crippen LogP contribution in [0.25, 0.3) is 11.3 Å². The molecular weight excluding hydrogens is 516 g/mol. The summed E-state index contributed by atoms with van der Waals surface area (Å²) < 4.78 is 0.